The van der Waals surface area contributed by atoms with Gasteiger partial charge >= 0.3 is 0 Å². The van der Waals surface area contributed by atoms with Crippen LogP contribution in [0.4, 0.5) is 0 Å². The molecule has 0 fully saturated rings. The van der Waals surface area contributed by atoms with Crippen molar-refractivity contribution in [1.29, 1.82) is 0 Å². The molecule has 0 aliphatic heterocycles. The van der Waals surface area contributed by atoms with Gasteiger partial charge in [0.2, 0.25) is 5.89 Å². The van der Waals surface area contributed by atoms with E-state index >= 15 is 0 Å². The lowest BCUT2D eigenvalue weighted by molar-refractivity contribution is 0.226. The summed E-state index contributed by atoms with van der Waals surface area (Å²) in [4.78, 5) is 6.69. The van der Waals surface area contributed by atoms with Gasteiger partial charge < -0.3 is 4.52 Å². The van der Waals surface area contributed by atoms with Crippen LogP contribution in [0.15, 0.2) is 16.7 Å². The minimum atomic E-state index is 0.330. The summed E-state index contributed by atoms with van der Waals surface area (Å²) in [6, 6.07) is 0. The zero-order valence-electron chi connectivity index (χ0n) is 11.6. The average Bonchev–Trinajstić information content (AvgIpc) is 2.78. The van der Waals surface area contributed by atoms with Gasteiger partial charge in [0.25, 0.3) is 0 Å². The van der Waals surface area contributed by atoms with Crippen LogP contribution in [0.25, 0.3) is 0 Å². The quantitative estimate of drug-likeness (QED) is 0.752. The Morgan fingerprint density at radius 3 is 2.89 bits per heavy atom. The number of allylic oxidation sites excluding steroid dienone is 2. The Kier molecular flexibility index (Phi) is 4.53. The molecule has 100 valence electrons. The van der Waals surface area contributed by atoms with Crippen molar-refractivity contribution < 1.29 is 4.52 Å². The molecule has 0 spiro atoms. The van der Waals surface area contributed by atoms with Crippen molar-refractivity contribution in [2.75, 3.05) is 13.6 Å². The smallest absolute Gasteiger partial charge is 0.240 e. The second-order valence-corrected chi connectivity index (χ2v) is 5.55. The minimum absolute atomic E-state index is 0.330. The molecule has 18 heavy (non-hydrogen) atoms. The fourth-order valence-electron chi connectivity index (χ4n) is 2.33. The zero-order valence-corrected chi connectivity index (χ0v) is 11.6. The van der Waals surface area contributed by atoms with Crippen LogP contribution in [0.2, 0.25) is 0 Å². The Bertz CT molecular complexity index is 397. The van der Waals surface area contributed by atoms with Crippen molar-refractivity contribution in [1.82, 2.24) is 15.0 Å². The van der Waals surface area contributed by atoms with E-state index in [1.807, 2.05) is 0 Å². The van der Waals surface area contributed by atoms with Crippen molar-refractivity contribution in [2.24, 2.45) is 5.92 Å². The Hall–Kier alpha value is -1.16. The number of aromatic nitrogens is 2. The topological polar surface area (TPSA) is 42.2 Å². The summed E-state index contributed by atoms with van der Waals surface area (Å²) in [5.41, 5.74) is 0. The largest absolute Gasteiger partial charge is 0.338 e. The summed E-state index contributed by atoms with van der Waals surface area (Å²) >= 11 is 0. The van der Waals surface area contributed by atoms with Gasteiger partial charge in [-0.15, -0.1) is 0 Å². The second-order valence-electron chi connectivity index (χ2n) is 5.55. The molecular formula is C14H23N3O. The molecule has 0 bridgehead atoms. The van der Waals surface area contributed by atoms with Crippen molar-refractivity contribution in [3.05, 3.63) is 23.9 Å². The maximum absolute atomic E-state index is 5.27. The molecular weight excluding hydrogens is 226 g/mol. The zero-order chi connectivity index (χ0) is 13.0. The third-order valence-corrected chi connectivity index (χ3v) is 3.35. The molecule has 2 rings (SSSR count). The molecule has 1 atom stereocenters. The van der Waals surface area contributed by atoms with Crippen molar-refractivity contribution in [2.45, 2.75) is 45.6 Å². The van der Waals surface area contributed by atoms with Crippen molar-refractivity contribution in [3.63, 3.8) is 0 Å². The van der Waals surface area contributed by atoms with Crippen molar-refractivity contribution >= 4 is 0 Å². The molecule has 4 nitrogen and oxygen atoms in total. The van der Waals surface area contributed by atoms with Gasteiger partial charge in [-0.2, -0.15) is 4.98 Å². The van der Waals surface area contributed by atoms with E-state index in [1.54, 1.807) is 0 Å². The Labute approximate surface area is 109 Å². The Morgan fingerprint density at radius 1 is 1.44 bits per heavy atom. The van der Waals surface area contributed by atoms with Crippen LogP contribution in [0.5, 0.6) is 0 Å². The summed E-state index contributed by atoms with van der Waals surface area (Å²) in [5, 5.41) is 3.99. The molecule has 0 saturated carbocycles. The van der Waals surface area contributed by atoms with Crippen molar-refractivity contribution in [3.8, 4) is 0 Å². The van der Waals surface area contributed by atoms with E-state index in [0.29, 0.717) is 5.92 Å². The van der Waals surface area contributed by atoms with Gasteiger partial charge in [0.05, 0.1) is 6.54 Å². The number of hydrogen-bond acceptors (Lipinski definition) is 4. The van der Waals surface area contributed by atoms with Gasteiger partial charge in [0.1, 0.15) is 0 Å². The lowest BCUT2D eigenvalue weighted by Gasteiger charge is -2.23. The molecule has 1 aliphatic rings. The number of nitrogens with zero attached hydrogens (tertiary/aromatic N) is 3. The summed E-state index contributed by atoms with van der Waals surface area (Å²) < 4.78 is 5.27. The maximum atomic E-state index is 5.27. The van der Waals surface area contributed by atoms with Crippen LogP contribution in [0.3, 0.4) is 0 Å². The van der Waals surface area contributed by atoms with Gasteiger partial charge in [-0.05, 0) is 32.2 Å². The summed E-state index contributed by atoms with van der Waals surface area (Å²) in [6.07, 6.45) is 8.29. The van der Waals surface area contributed by atoms with Gasteiger partial charge in [0, 0.05) is 12.5 Å². The molecule has 4 heteroatoms. The van der Waals surface area contributed by atoms with E-state index in [9.17, 15) is 0 Å². The molecule has 0 amide bonds. The second kappa shape index (κ2) is 6.14. The van der Waals surface area contributed by atoms with Crippen LogP contribution < -0.4 is 0 Å². The summed E-state index contributed by atoms with van der Waals surface area (Å²) in [7, 11) is 2.12. The standard InChI is InChI=1S/C14H23N3O/c1-11(2)14-15-13(18-16-14)10-17(3)9-12-7-5-4-6-8-12/h4-5,11-12H,6-10H2,1-3H3. The lowest BCUT2D eigenvalue weighted by atomic mass is 9.94. The van der Waals surface area contributed by atoms with Crippen LogP contribution in [-0.2, 0) is 6.54 Å². The average molecular weight is 249 g/mol. The first-order chi connectivity index (χ1) is 8.65. The first kappa shape index (κ1) is 13.3. The van der Waals surface area contributed by atoms with E-state index < -0.39 is 0 Å². The van der Waals surface area contributed by atoms with Gasteiger partial charge in [-0.25, -0.2) is 0 Å². The highest BCUT2D eigenvalue weighted by atomic mass is 16.5. The van der Waals surface area contributed by atoms with Gasteiger partial charge in [-0.3, -0.25) is 4.90 Å². The monoisotopic (exact) mass is 249 g/mol. The molecule has 0 aromatic carbocycles. The summed E-state index contributed by atoms with van der Waals surface area (Å²) in [6.45, 7) is 6.00. The SMILES string of the molecule is CC(C)c1noc(CN(C)CC2CC=CCC2)n1. The highest BCUT2D eigenvalue weighted by molar-refractivity contribution is 4.93. The maximum Gasteiger partial charge on any atom is 0.240 e. The molecule has 0 radical (unpaired) electrons. The molecule has 1 aromatic rings. The van der Waals surface area contributed by atoms with E-state index in [1.165, 1.54) is 19.3 Å². The van der Waals surface area contributed by atoms with Crippen LogP contribution in [-0.4, -0.2) is 28.6 Å². The molecule has 1 aromatic heterocycles. The fourth-order valence-corrected chi connectivity index (χ4v) is 2.33. The van der Waals surface area contributed by atoms with E-state index in [0.717, 1.165) is 30.7 Å². The molecule has 0 N–H and O–H groups in total. The normalized spacial score (nSPS) is 19.9. The Morgan fingerprint density at radius 2 is 2.28 bits per heavy atom. The van der Waals surface area contributed by atoms with Crippen LogP contribution in [0, 0.1) is 5.92 Å². The number of hydrogen-bond donors (Lipinski definition) is 0. The van der Waals surface area contributed by atoms with Crippen LogP contribution in [0.1, 0.15) is 50.7 Å². The molecule has 0 saturated heterocycles. The third-order valence-electron chi connectivity index (χ3n) is 3.35. The first-order valence-electron chi connectivity index (χ1n) is 6.81. The lowest BCUT2D eigenvalue weighted by Crippen LogP contribution is -2.26. The first-order valence-corrected chi connectivity index (χ1v) is 6.81. The summed E-state index contributed by atoms with van der Waals surface area (Å²) in [5.74, 6) is 2.63. The molecule has 1 aliphatic carbocycles. The predicted octanol–water partition coefficient (Wildman–Crippen LogP) is 2.98. The van der Waals surface area contributed by atoms with E-state index in [2.05, 4.69) is 48.1 Å². The molecule has 1 unspecified atom stereocenters. The molecule has 1 heterocycles. The fraction of sp³-hybridized carbons (Fsp3) is 0.714. The number of rotatable bonds is 5. The highest BCUT2D eigenvalue weighted by Gasteiger charge is 2.15. The minimum Gasteiger partial charge on any atom is -0.338 e. The van der Waals surface area contributed by atoms with E-state index in [4.69, 9.17) is 4.52 Å². The Balaban J connectivity index is 1.82. The van der Waals surface area contributed by atoms with Crippen LogP contribution >= 0.6 is 0 Å². The van der Waals surface area contributed by atoms with Gasteiger partial charge in [0.15, 0.2) is 5.82 Å². The predicted molar refractivity (Wildman–Crippen MR) is 71.2 cm³/mol. The van der Waals surface area contributed by atoms with E-state index in [-0.39, 0.29) is 0 Å². The third kappa shape index (κ3) is 3.67. The van der Waals surface area contributed by atoms with Gasteiger partial charge in [-0.1, -0.05) is 31.2 Å². The highest BCUT2D eigenvalue weighted by Crippen LogP contribution is 2.19.